The van der Waals surface area contributed by atoms with E-state index in [4.69, 9.17) is 4.42 Å². The quantitative estimate of drug-likeness (QED) is 0.629. The molecule has 0 spiro atoms. The maximum absolute atomic E-state index is 12.5. The minimum atomic E-state index is -3.76. The fraction of sp³-hybridized carbons (Fsp3) is 0.278. The summed E-state index contributed by atoms with van der Waals surface area (Å²) in [6, 6.07) is 11.6. The molecule has 0 saturated carbocycles. The number of H-pyrrole nitrogens is 1. The second kappa shape index (κ2) is 7.14. The molecule has 2 aromatic carbocycles. The number of aromatic amines is 1. The molecular weight excluding hydrogens is 340 g/mol. The monoisotopic (exact) mass is 360 g/mol. The van der Waals surface area contributed by atoms with Gasteiger partial charge >= 0.3 is 5.76 Å². The first-order valence-electron chi connectivity index (χ1n) is 8.22. The number of aromatic nitrogens is 1. The van der Waals surface area contributed by atoms with Crippen molar-refractivity contribution in [2.45, 2.75) is 37.5 Å². The van der Waals surface area contributed by atoms with Crippen LogP contribution < -0.4 is 10.5 Å². The van der Waals surface area contributed by atoms with E-state index >= 15 is 0 Å². The maximum atomic E-state index is 12.5. The van der Waals surface area contributed by atoms with Crippen LogP contribution in [0.1, 0.15) is 31.7 Å². The number of oxazole rings is 1. The zero-order valence-corrected chi connectivity index (χ0v) is 14.7. The second-order valence-electron chi connectivity index (χ2n) is 5.93. The molecule has 0 aliphatic rings. The Morgan fingerprint density at radius 3 is 2.56 bits per heavy atom. The highest BCUT2D eigenvalue weighted by atomic mass is 32.2. The van der Waals surface area contributed by atoms with Crippen LogP contribution in [0.5, 0.6) is 0 Å². The van der Waals surface area contributed by atoms with E-state index in [9.17, 15) is 13.2 Å². The molecule has 0 fully saturated rings. The van der Waals surface area contributed by atoms with Gasteiger partial charge in [-0.15, -0.1) is 0 Å². The van der Waals surface area contributed by atoms with E-state index in [-0.39, 0.29) is 10.5 Å². The fourth-order valence-corrected chi connectivity index (χ4v) is 3.70. The summed E-state index contributed by atoms with van der Waals surface area (Å²) in [5.41, 5.74) is 2.35. The first-order chi connectivity index (χ1) is 12.0. The van der Waals surface area contributed by atoms with Crippen molar-refractivity contribution in [3.05, 3.63) is 58.6 Å². The van der Waals surface area contributed by atoms with Gasteiger partial charge in [-0.25, -0.2) is 13.2 Å². The molecule has 3 rings (SSSR count). The van der Waals surface area contributed by atoms with Crippen molar-refractivity contribution in [2.24, 2.45) is 0 Å². The third-order valence-corrected chi connectivity index (χ3v) is 5.36. The number of fused-ring (bicyclic) bond motifs is 1. The van der Waals surface area contributed by atoms with Gasteiger partial charge in [0.05, 0.1) is 10.4 Å². The Hall–Kier alpha value is -2.54. The van der Waals surface area contributed by atoms with E-state index in [0.717, 1.165) is 12.8 Å². The standard InChI is InChI=1S/C18H20N2O4S/c1-2-3-4-5-13-6-8-14(9-7-13)20-25(22,23)15-10-11-16-17(12-15)24-18(21)19-16/h6-12,20H,2-5H2,1H3,(H,19,21). The molecule has 0 aliphatic carbocycles. The van der Waals surface area contributed by atoms with Crippen LogP contribution >= 0.6 is 0 Å². The van der Waals surface area contributed by atoms with Crippen molar-refractivity contribution in [1.82, 2.24) is 4.98 Å². The summed E-state index contributed by atoms with van der Waals surface area (Å²) in [6.45, 7) is 2.16. The number of hydrogen-bond acceptors (Lipinski definition) is 4. The lowest BCUT2D eigenvalue weighted by atomic mass is 10.1. The Morgan fingerprint density at radius 2 is 1.84 bits per heavy atom. The van der Waals surface area contributed by atoms with Crippen molar-refractivity contribution < 1.29 is 12.8 Å². The third kappa shape index (κ3) is 4.11. The number of benzene rings is 2. The van der Waals surface area contributed by atoms with Gasteiger partial charge in [-0.05, 0) is 42.7 Å². The average Bonchev–Trinajstić information content (AvgIpc) is 2.95. The molecule has 3 aromatic rings. The van der Waals surface area contributed by atoms with Gasteiger partial charge < -0.3 is 4.42 Å². The van der Waals surface area contributed by atoms with Gasteiger partial charge in [-0.2, -0.15) is 0 Å². The van der Waals surface area contributed by atoms with Gasteiger partial charge in [-0.3, -0.25) is 9.71 Å². The van der Waals surface area contributed by atoms with Crippen LogP contribution in [0.3, 0.4) is 0 Å². The number of hydrogen-bond donors (Lipinski definition) is 2. The highest BCUT2D eigenvalue weighted by molar-refractivity contribution is 7.92. The van der Waals surface area contributed by atoms with E-state index < -0.39 is 15.8 Å². The average molecular weight is 360 g/mol. The van der Waals surface area contributed by atoms with E-state index in [1.54, 1.807) is 12.1 Å². The van der Waals surface area contributed by atoms with Crippen LogP contribution in [0.25, 0.3) is 11.1 Å². The summed E-state index contributed by atoms with van der Waals surface area (Å²) >= 11 is 0. The van der Waals surface area contributed by atoms with Crippen LogP contribution in [0, 0.1) is 0 Å². The second-order valence-corrected chi connectivity index (χ2v) is 7.61. The Bertz CT molecular complexity index is 1020. The Labute approximate surface area is 145 Å². The first kappa shape index (κ1) is 17.3. The molecule has 7 heteroatoms. The van der Waals surface area contributed by atoms with E-state index in [2.05, 4.69) is 16.6 Å². The summed E-state index contributed by atoms with van der Waals surface area (Å²) in [7, 11) is -3.76. The molecule has 2 N–H and O–H groups in total. The number of nitrogens with one attached hydrogen (secondary N) is 2. The largest absolute Gasteiger partial charge is 0.417 e. The molecule has 0 unspecified atom stereocenters. The summed E-state index contributed by atoms with van der Waals surface area (Å²) < 4.78 is 32.5. The molecule has 1 heterocycles. The lowest BCUT2D eigenvalue weighted by Crippen LogP contribution is -2.12. The molecule has 0 atom stereocenters. The number of sulfonamides is 1. The van der Waals surface area contributed by atoms with Crippen LogP contribution in [-0.2, 0) is 16.4 Å². The summed E-state index contributed by atoms with van der Waals surface area (Å²) in [6.07, 6.45) is 4.48. The molecule has 0 amide bonds. The zero-order valence-electron chi connectivity index (χ0n) is 13.9. The van der Waals surface area contributed by atoms with Crippen LogP contribution in [-0.4, -0.2) is 13.4 Å². The highest BCUT2D eigenvalue weighted by Crippen LogP contribution is 2.20. The van der Waals surface area contributed by atoms with Crippen LogP contribution in [0.2, 0.25) is 0 Å². The maximum Gasteiger partial charge on any atom is 0.417 e. The SMILES string of the molecule is CCCCCc1ccc(NS(=O)(=O)c2ccc3[nH]c(=O)oc3c2)cc1. The minimum Gasteiger partial charge on any atom is -0.408 e. The predicted octanol–water partition coefficient (Wildman–Crippen LogP) is 3.65. The zero-order chi connectivity index (χ0) is 17.9. The molecule has 0 bridgehead atoms. The Kier molecular flexibility index (Phi) is 4.94. The predicted molar refractivity (Wildman–Crippen MR) is 97.3 cm³/mol. The van der Waals surface area contributed by atoms with Crippen molar-refractivity contribution in [1.29, 1.82) is 0 Å². The van der Waals surface area contributed by atoms with Gasteiger partial charge in [-0.1, -0.05) is 31.9 Å². The van der Waals surface area contributed by atoms with Crippen molar-refractivity contribution in [2.75, 3.05) is 4.72 Å². The van der Waals surface area contributed by atoms with Gasteiger partial charge in [0.1, 0.15) is 0 Å². The molecule has 6 nitrogen and oxygen atoms in total. The number of aryl methyl sites for hydroxylation is 1. The topological polar surface area (TPSA) is 92.2 Å². The summed E-state index contributed by atoms with van der Waals surface area (Å²) in [5, 5.41) is 0. The van der Waals surface area contributed by atoms with Gasteiger partial charge in [0.25, 0.3) is 10.0 Å². The third-order valence-electron chi connectivity index (χ3n) is 3.98. The Balaban J connectivity index is 1.76. The molecule has 0 saturated heterocycles. The fourth-order valence-electron chi connectivity index (χ4n) is 2.63. The van der Waals surface area contributed by atoms with E-state index in [1.807, 2.05) is 12.1 Å². The molecule has 132 valence electrons. The first-order valence-corrected chi connectivity index (χ1v) is 9.71. The molecule has 1 aromatic heterocycles. The van der Waals surface area contributed by atoms with Gasteiger partial charge in [0, 0.05) is 11.8 Å². The summed E-state index contributed by atoms with van der Waals surface area (Å²) in [5.74, 6) is -0.615. The normalized spacial score (nSPS) is 11.7. The van der Waals surface area contributed by atoms with Crippen molar-refractivity contribution >= 4 is 26.8 Å². The van der Waals surface area contributed by atoms with Crippen LogP contribution in [0.15, 0.2) is 56.6 Å². The van der Waals surface area contributed by atoms with E-state index in [0.29, 0.717) is 11.2 Å². The van der Waals surface area contributed by atoms with Gasteiger partial charge in [0.2, 0.25) is 0 Å². The van der Waals surface area contributed by atoms with Crippen molar-refractivity contribution in [3.63, 3.8) is 0 Å². The molecular formula is C18H20N2O4S. The van der Waals surface area contributed by atoms with Gasteiger partial charge in [0.15, 0.2) is 5.58 Å². The minimum absolute atomic E-state index is 0.0368. The molecule has 25 heavy (non-hydrogen) atoms. The number of anilines is 1. The van der Waals surface area contributed by atoms with Crippen molar-refractivity contribution in [3.8, 4) is 0 Å². The Morgan fingerprint density at radius 1 is 1.08 bits per heavy atom. The number of unbranched alkanes of at least 4 members (excludes halogenated alkanes) is 2. The smallest absolute Gasteiger partial charge is 0.408 e. The van der Waals surface area contributed by atoms with Crippen LogP contribution in [0.4, 0.5) is 5.69 Å². The molecule has 0 radical (unpaired) electrons. The lowest BCUT2D eigenvalue weighted by Gasteiger charge is -2.09. The van der Waals surface area contributed by atoms with E-state index in [1.165, 1.54) is 36.6 Å². The lowest BCUT2D eigenvalue weighted by molar-refractivity contribution is 0.554. The number of rotatable bonds is 7. The highest BCUT2D eigenvalue weighted by Gasteiger charge is 2.16. The molecule has 0 aliphatic heterocycles. The summed E-state index contributed by atoms with van der Waals surface area (Å²) in [4.78, 5) is 13.7.